The average molecular weight is 329 g/mol. The molecule has 0 amide bonds. The molecule has 0 bridgehead atoms. The summed E-state index contributed by atoms with van der Waals surface area (Å²) in [5, 5.41) is 0. The molecule has 0 spiro atoms. The van der Waals surface area contributed by atoms with Crippen LogP contribution in [-0.4, -0.2) is 24.0 Å². The molecule has 0 saturated carbocycles. The van der Waals surface area contributed by atoms with Crippen molar-refractivity contribution >= 4 is 15.9 Å². The first kappa shape index (κ1) is 14.9. The number of likely N-dealkylation sites (tertiary alicyclic amines) is 1. The Hall–Kier alpha value is -0.450. The molecule has 2 rings (SSSR count). The fourth-order valence-corrected chi connectivity index (χ4v) is 3.61. The highest BCUT2D eigenvalue weighted by Gasteiger charge is 2.30. The van der Waals surface area contributed by atoms with Crippen LogP contribution in [0.1, 0.15) is 38.3 Å². The van der Waals surface area contributed by atoms with Crippen molar-refractivity contribution in [3.8, 4) is 0 Å². The molecule has 2 N–H and O–H groups in total. The third-order valence-electron chi connectivity index (χ3n) is 4.13. The van der Waals surface area contributed by atoms with Crippen molar-refractivity contribution in [2.45, 2.75) is 38.8 Å². The second-order valence-corrected chi connectivity index (χ2v) is 6.49. The molecular weight excluding hydrogens is 307 g/mol. The van der Waals surface area contributed by atoms with E-state index in [0.717, 1.165) is 22.5 Å². The number of rotatable bonds is 3. The Morgan fingerprint density at radius 2 is 2.21 bits per heavy atom. The number of halogens is 2. The van der Waals surface area contributed by atoms with Gasteiger partial charge in [0.25, 0.3) is 0 Å². The third kappa shape index (κ3) is 3.36. The van der Waals surface area contributed by atoms with Crippen LogP contribution in [-0.2, 0) is 0 Å². The number of benzene rings is 1. The summed E-state index contributed by atoms with van der Waals surface area (Å²) in [5.41, 5.74) is 6.93. The highest BCUT2D eigenvalue weighted by Crippen LogP contribution is 2.33. The Kier molecular flexibility index (Phi) is 4.98. The Labute approximate surface area is 123 Å². The van der Waals surface area contributed by atoms with Gasteiger partial charge in [0, 0.05) is 23.1 Å². The first-order chi connectivity index (χ1) is 9.02. The van der Waals surface area contributed by atoms with Gasteiger partial charge in [-0.15, -0.1) is 0 Å². The van der Waals surface area contributed by atoms with Crippen LogP contribution in [0.25, 0.3) is 0 Å². The monoisotopic (exact) mass is 328 g/mol. The maximum absolute atomic E-state index is 13.5. The minimum atomic E-state index is -0.199. The van der Waals surface area contributed by atoms with Gasteiger partial charge in [-0.05, 0) is 56.0 Å². The fraction of sp³-hybridized carbons (Fsp3) is 0.600. The summed E-state index contributed by atoms with van der Waals surface area (Å²) < 4.78 is 14.4. The number of piperidine rings is 1. The van der Waals surface area contributed by atoms with E-state index in [9.17, 15) is 4.39 Å². The number of nitrogens with zero attached hydrogens (tertiary/aromatic N) is 1. The van der Waals surface area contributed by atoms with E-state index in [0.29, 0.717) is 12.6 Å². The summed E-state index contributed by atoms with van der Waals surface area (Å²) >= 11 is 3.52. The van der Waals surface area contributed by atoms with Crippen LogP contribution in [0.3, 0.4) is 0 Å². The van der Waals surface area contributed by atoms with Crippen LogP contribution in [0.15, 0.2) is 22.7 Å². The van der Waals surface area contributed by atoms with Gasteiger partial charge in [0.15, 0.2) is 0 Å². The van der Waals surface area contributed by atoms with Crippen LogP contribution in [0, 0.1) is 11.7 Å². The van der Waals surface area contributed by atoms with E-state index in [4.69, 9.17) is 5.73 Å². The normalized spacial score (nSPS) is 26.4. The van der Waals surface area contributed by atoms with Crippen molar-refractivity contribution in [2.24, 2.45) is 11.7 Å². The summed E-state index contributed by atoms with van der Waals surface area (Å²) in [5.74, 6) is 0.565. The molecule has 106 valence electrons. The molecule has 0 aliphatic carbocycles. The molecule has 1 aromatic rings. The van der Waals surface area contributed by atoms with Crippen LogP contribution in [0.4, 0.5) is 4.39 Å². The standard InChI is InChI=1S/C15H22BrFN2/c1-10-5-6-19(11(2)7-10)15(9-18)13-8-12(17)3-4-14(13)16/h3-4,8,10-11,15H,5-7,9,18H2,1-2H3. The van der Waals surface area contributed by atoms with E-state index in [2.05, 4.69) is 34.7 Å². The van der Waals surface area contributed by atoms with Gasteiger partial charge >= 0.3 is 0 Å². The quantitative estimate of drug-likeness (QED) is 0.916. The number of hydrogen-bond acceptors (Lipinski definition) is 2. The molecule has 1 aliphatic heterocycles. The van der Waals surface area contributed by atoms with Gasteiger partial charge in [0.1, 0.15) is 5.82 Å². The van der Waals surface area contributed by atoms with Gasteiger partial charge in [-0.25, -0.2) is 4.39 Å². The smallest absolute Gasteiger partial charge is 0.123 e. The molecule has 2 nitrogen and oxygen atoms in total. The molecule has 0 aromatic heterocycles. The highest BCUT2D eigenvalue weighted by molar-refractivity contribution is 9.10. The van der Waals surface area contributed by atoms with Crippen LogP contribution >= 0.6 is 15.9 Å². The van der Waals surface area contributed by atoms with Gasteiger partial charge in [-0.3, -0.25) is 4.90 Å². The minimum Gasteiger partial charge on any atom is -0.329 e. The van der Waals surface area contributed by atoms with E-state index >= 15 is 0 Å². The largest absolute Gasteiger partial charge is 0.329 e. The lowest BCUT2D eigenvalue weighted by Gasteiger charge is -2.41. The molecule has 1 heterocycles. The SMILES string of the molecule is CC1CCN(C(CN)c2cc(F)ccc2Br)C(C)C1. The summed E-state index contributed by atoms with van der Waals surface area (Å²) in [6, 6.07) is 5.43. The van der Waals surface area contributed by atoms with Gasteiger partial charge in [-0.2, -0.15) is 0 Å². The summed E-state index contributed by atoms with van der Waals surface area (Å²) in [6.07, 6.45) is 2.37. The fourth-order valence-electron chi connectivity index (χ4n) is 3.10. The second-order valence-electron chi connectivity index (χ2n) is 5.63. The average Bonchev–Trinajstić information content (AvgIpc) is 2.36. The minimum absolute atomic E-state index is 0.0903. The molecular formula is C15H22BrFN2. The lowest BCUT2D eigenvalue weighted by molar-refractivity contribution is 0.0843. The topological polar surface area (TPSA) is 29.3 Å². The number of nitrogens with two attached hydrogens (primary N) is 1. The Balaban J connectivity index is 2.26. The molecule has 1 aliphatic rings. The van der Waals surface area contributed by atoms with Gasteiger partial charge in [0.05, 0.1) is 0 Å². The van der Waals surface area contributed by atoms with Crippen LogP contribution < -0.4 is 5.73 Å². The molecule has 4 heteroatoms. The molecule has 3 atom stereocenters. The van der Waals surface area contributed by atoms with Crippen LogP contribution in [0.5, 0.6) is 0 Å². The van der Waals surface area contributed by atoms with Gasteiger partial charge in [-0.1, -0.05) is 22.9 Å². The third-order valence-corrected chi connectivity index (χ3v) is 4.85. The van der Waals surface area contributed by atoms with Crippen molar-refractivity contribution in [1.82, 2.24) is 4.90 Å². The highest BCUT2D eigenvalue weighted by atomic mass is 79.9. The first-order valence-corrected chi connectivity index (χ1v) is 7.73. The van der Waals surface area contributed by atoms with E-state index in [1.165, 1.54) is 18.9 Å². The first-order valence-electron chi connectivity index (χ1n) is 6.93. The predicted molar refractivity (Wildman–Crippen MR) is 80.5 cm³/mol. The van der Waals surface area contributed by atoms with Gasteiger partial charge in [0.2, 0.25) is 0 Å². The van der Waals surface area contributed by atoms with Crippen molar-refractivity contribution < 1.29 is 4.39 Å². The van der Waals surface area contributed by atoms with Crippen molar-refractivity contribution in [3.63, 3.8) is 0 Å². The van der Waals surface area contributed by atoms with Gasteiger partial charge < -0.3 is 5.73 Å². The maximum Gasteiger partial charge on any atom is 0.123 e. The Morgan fingerprint density at radius 3 is 2.84 bits per heavy atom. The molecule has 19 heavy (non-hydrogen) atoms. The van der Waals surface area contributed by atoms with Crippen LogP contribution in [0.2, 0.25) is 0 Å². The van der Waals surface area contributed by atoms with E-state index in [1.54, 1.807) is 12.1 Å². The molecule has 1 fully saturated rings. The van der Waals surface area contributed by atoms with E-state index in [1.807, 2.05) is 0 Å². The van der Waals surface area contributed by atoms with E-state index < -0.39 is 0 Å². The summed E-state index contributed by atoms with van der Waals surface area (Å²) in [6.45, 7) is 6.09. The maximum atomic E-state index is 13.5. The molecule has 3 unspecified atom stereocenters. The zero-order chi connectivity index (χ0) is 14.0. The van der Waals surface area contributed by atoms with Crippen molar-refractivity contribution in [2.75, 3.05) is 13.1 Å². The molecule has 0 radical (unpaired) electrons. The van der Waals surface area contributed by atoms with E-state index in [-0.39, 0.29) is 11.9 Å². The second kappa shape index (κ2) is 6.33. The molecule has 1 saturated heterocycles. The molecule has 1 aromatic carbocycles. The lowest BCUT2D eigenvalue weighted by atomic mass is 9.90. The zero-order valence-electron chi connectivity index (χ0n) is 11.6. The van der Waals surface area contributed by atoms with Crippen molar-refractivity contribution in [3.05, 3.63) is 34.1 Å². The Bertz CT molecular complexity index is 438. The number of hydrogen-bond donors (Lipinski definition) is 1. The lowest BCUT2D eigenvalue weighted by Crippen LogP contribution is -2.45. The summed E-state index contributed by atoms with van der Waals surface area (Å²) in [4.78, 5) is 2.42. The summed E-state index contributed by atoms with van der Waals surface area (Å²) in [7, 11) is 0. The predicted octanol–water partition coefficient (Wildman–Crippen LogP) is 3.71. The Morgan fingerprint density at radius 1 is 1.47 bits per heavy atom. The van der Waals surface area contributed by atoms with Crippen molar-refractivity contribution in [1.29, 1.82) is 0 Å². The zero-order valence-corrected chi connectivity index (χ0v) is 13.2.